The van der Waals surface area contributed by atoms with Crippen LogP contribution in [-0.2, 0) is 0 Å². The Hall–Kier alpha value is -0.0400. The molecule has 1 atom stereocenters. The Balaban J connectivity index is 2.25. The topological polar surface area (TPSA) is 26.0 Å². The fourth-order valence-electron chi connectivity index (χ4n) is 2.55. The normalized spacial score (nSPS) is 30.2. The Labute approximate surface area is 95.8 Å². The molecule has 90 valence electrons. The molecule has 0 aromatic heterocycles. The first-order valence-corrected chi connectivity index (χ1v) is 6.64. The van der Waals surface area contributed by atoms with Gasteiger partial charge in [-0.05, 0) is 42.9 Å². The van der Waals surface area contributed by atoms with E-state index < -0.39 is 0 Å². The monoisotopic (exact) mass is 211 g/mol. The van der Waals surface area contributed by atoms with Crippen molar-refractivity contribution in [2.24, 2.45) is 23.0 Å². The van der Waals surface area contributed by atoms with Gasteiger partial charge in [0.25, 0.3) is 0 Å². The molecule has 2 N–H and O–H groups in total. The number of hydrogen-bond donors (Lipinski definition) is 1. The molecule has 1 aliphatic rings. The second-order valence-electron chi connectivity index (χ2n) is 6.78. The van der Waals surface area contributed by atoms with Crippen molar-refractivity contribution >= 4 is 0 Å². The van der Waals surface area contributed by atoms with Crippen molar-refractivity contribution in [3.63, 3.8) is 0 Å². The summed E-state index contributed by atoms with van der Waals surface area (Å²) in [6.07, 6.45) is 8.00. The summed E-state index contributed by atoms with van der Waals surface area (Å²) in [6, 6.07) is 0.455. The molecule has 15 heavy (non-hydrogen) atoms. The minimum absolute atomic E-state index is 0.444. The molecular formula is C14H29N. The molecule has 0 aromatic rings. The summed E-state index contributed by atoms with van der Waals surface area (Å²) in [5.41, 5.74) is 6.75. The van der Waals surface area contributed by atoms with Gasteiger partial charge in [-0.3, -0.25) is 0 Å². The van der Waals surface area contributed by atoms with Crippen LogP contribution in [0.3, 0.4) is 0 Å². The highest BCUT2D eigenvalue weighted by Crippen LogP contribution is 2.32. The van der Waals surface area contributed by atoms with E-state index in [4.69, 9.17) is 5.73 Å². The molecule has 0 heterocycles. The van der Waals surface area contributed by atoms with Crippen molar-refractivity contribution in [2.75, 3.05) is 0 Å². The van der Waals surface area contributed by atoms with Crippen LogP contribution in [0.5, 0.6) is 0 Å². The quantitative estimate of drug-likeness (QED) is 0.751. The summed E-state index contributed by atoms with van der Waals surface area (Å²) in [5, 5.41) is 0. The van der Waals surface area contributed by atoms with Crippen LogP contribution >= 0.6 is 0 Å². The maximum Gasteiger partial charge on any atom is 0.00673 e. The largest absolute Gasteiger partial charge is 0.327 e. The van der Waals surface area contributed by atoms with Gasteiger partial charge in [0.1, 0.15) is 0 Å². The molecule has 1 heteroatoms. The lowest BCUT2D eigenvalue weighted by Crippen LogP contribution is -2.33. The predicted molar refractivity (Wildman–Crippen MR) is 67.8 cm³/mol. The first-order chi connectivity index (χ1) is 6.88. The van der Waals surface area contributed by atoms with Crippen molar-refractivity contribution in [3.8, 4) is 0 Å². The average molecular weight is 211 g/mol. The van der Waals surface area contributed by atoms with E-state index in [-0.39, 0.29) is 0 Å². The minimum atomic E-state index is 0.444. The van der Waals surface area contributed by atoms with E-state index >= 15 is 0 Å². The van der Waals surface area contributed by atoms with Gasteiger partial charge in [0.05, 0.1) is 0 Å². The molecule has 1 aliphatic carbocycles. The van der Waals surface area contributed by atoms with E-state index in [2.05, 4.69) is 27.7 Å². The Morgan fingerprint density at radius 1 is 1.13 bits per heavy atom. The lowest BCUT2D eigenvalue weighted by Gasteiger charge is -2.32. The van der Waals surface area contributed by atoms with Crippen molar-refractivity contribution in [1.82, 2.24) is 0 Å². The van der Waals surface area contributed by atoms with Crippen molar-refractivity contribution in [3.05, 3.63) is 0 Å². The molecule has 0 saturated heterocycles. The van der Waals surface area contributed by atoms with E-state index in [9.17, 15) is 0 Å². The van der Waals surface area contributed by atoms with Gasteiger partial charge in [0.15, 0.2) is 0 Å². The van der Waals surface area contributed by atoms with E-state index in [1.807, 2.05) is 0 Å². The van der Waals surface area contributed by atoms with Gasteiger partial charge in [-0.25, -0.2) is 0 Å². The summed E-state index contributed by atoms with van der Waals surface area (Å²) >= 11 is 0. The van der Waals surface area contributed by atoms with Gasteiger partial charge < -0.3 is 5.73 Å². The minimum Gasteiger partial charge on any atom is -0.327 e. The third-order valence-corrected chi connectivity index (χ3v) is 3.89. The first-order valence-electron chi connectivity index (χ1n) is 6.64. The third-order valence-electron chi connectivity index (χ3n) is 3.89. The zero-order valence-electron chi connectivity index (χ0n) is 11.1. The highest BCUT2D eigenvalue weighted by atomic mass is 14.7. The maximum atomic E-state index is 6.30. The molecule has 0 amide bonds. The SMILES string of the molecule is CC1CCC(C(N)CCC(C)(C)C)CC1. The lowest BCUT2D eigenvalue weighted by atomic mass is 9.77. The molecule has 0 spiro atoms. The molecule has 1 unspecified atom stereocenters. The second-order valence-corrected chi connectivity index (χ2v) is 6.78. The number of nitrogens with two attached hydrogens (primary N) is 1. The van der Waals surface area contributed by atoms with Crippen molar-refractivity contribution < 1.29 is 0 Å². The third kappa shape index (κ3) is 5.01. The highest BCUT2D eigenvalue weighted by molar-refractivity contribution is 4.79. The van der Waals surface area contributed by atoms with Gasteiger partial charge >= 0.3 is 0 Å². The van der Waals surface area contributed by atoms with Crippen molar-refractivity contribution in [2.45, 2.75) is 72.3 Å². The Kier molecular flexibility index (Phi) is 4.64. The number of hydrogen-bond acceptors (Lipinski definition) is 1. The van der Waals surface area contributed by atoms with Gasteiger partial charge in [-0.1, -0.05) is 40.5 Å². The van der Waals surface area contributed by atoms with E-state index in [0.29, 0.717) is 11.5 Å². The predicted octanol–water partition coefficient (Wildman–Crippen LogP) is 3.97. The molecule has 0 radical (unpaired) electrons. The highest BCUT2D eigenvalue weighted by Gasteiger charge is 2.24. The van der Waals surface area contributed by atoms with Gasteiger partial charge in [0.2, 0.25) is 0 Å². The van der Waals surface area contributed by atoms with Crippen LogP contribution in [0.2, 0.25) is 0 Å². The van der Waals surface area contributed by atoms with Crippen LogP contribution in [-0.4, -0.2) is 6.04 Å². The summed E-state index contributed by atoms with van der Waals surface area (Å²) in [6.45, 7) is 9.30. The van der Waals surface area contributed by atoms with Gasteiger partial charge in [0, 0.05) is 6.04 Å². The molecule has 1 nitrogen and oxygen atoms in total. The maximum absolute atomic E-state index is 6.30. The van der Waals surface area contributed by atoms with Crippen LogP contribution in [0.15, 0.2) is 0 Å². The summed E-state index contributed by atoms with van der Waals surface area (Å²) in [5.74, 6) is 1.75. The Bertz CT molecular complexity index is 172. The standard InChI is InChI=1S/C14H29N/c1-11-5-7-12(8-6-11)13(15)9-10-14(2,3)4/h11-13H,5-10,15H2,1-4H3. The lowest BCUT2D eigenvalue weighted by molar-refractivity contribution is 0.230. The van der Waals surface area contributed by atoms with E-state index in [1.165, 1.54) is 38.5 Å². The first kappa shape index (κ1) is 13.0. The molecular weight excluding hydrogens is 182 g/mol. The van der Waals surface area contributed by atoms with Crippen LogP contribution in [0, 0.1) is 17.3 Å². The zero-order chi connectivity index (χ0) is 11.5. The van der Waals surface area contributed by atoms with Crippen LogP contribution in [0.25, 0.3) is 0 Å². The van der Waals surface area contributed by atoms with E-state index in [0.717, 1.165) is 11.8 Å². The fraction of sp³-hybridized carbons (Fsp3) is 1.00. The average Bonchev–Trinajstić information content (AvgIpc) is 2.14. The molecule has 1 rings (SSSR count). The molecule has 0 bridgehead atoms. The Morgan fingerprint density at radius 2 is 1.67 bits per heavy atom. The molecule has 0 aliphatic heterocycles. The molecule has 0 aromatic carbocycles. The molecule has 1 fully saturated rings. The number of rotatable bonds is 3. The van der Waals surface area contributed by atoms with Crippen LogP contribution in [0.4, 0.5) is 0 Å². The molecule has 1 saturated carbocycles. The second kappa shape index (κ2) is 5.34. The fourth-order valence-corrected chi connectivity index (χ4v) is 2.55. The zero-order valence-corrected chi connectivity index (χ0v) is 11.1. The van der Waals surface area contributed by atoms with Gasteiger partial charge in [-0.15, -0.1) is 0 Å². The summed E-state index contributed by atoms with van der Waals surface area (Å²) < 4.78 is 0. The van der Waals surface area contributed by atoms with Crippen LogP contribution in [0.1, 0.15) is 66.2 Å². The Morgan fingerprint density at radius 3 is 2.13 bits per heavy atom. The summed E-state index contributed by atoms with van der Waals surface area (Å²) in [7, 11) is 0. The van der Waals surface area contributed by atoms with Crippen LogP contribution < -0.4 is 5.73 Å². The summed E-state index contributed by atoms with van der Waals surface area (Å²) in [4.78, 5) is 0. The van der Waals surface area contributed by atoms with Gasteiger partial charge in [-0.2, -0.15) is 0 Å². The smallest absolute Gasteiger partial charge is 0.00673 e. The van der Waals surface area contributed by atoms with Crippen molar-refractivity contribution in [1.29, 1.82) is 0 Å². The van der Waals surface area contributed by atoms with E-state index in [1.54, 1.807) is 0 Å².